The van der Waals surface area contributed by atoms with Gasteiger partial charge in [-0.15, -0.1) is 0 Å². The number of nitrogens with zero attached hydrogens (tertiary/aromatic N) is 1. The highest BCUT2D eigenvalue weighted by Crippen LogP contribution is 2.15. The Labute approximate surface area is 100 Å². The van der Waals surface area contributed by atoms with Crippen molar-refractivity contribution in [1.82, 2.24) is 4.90 Å². The van der Waals surface area contributed by atoms with E-state index in [4.69, 9.17) is 15.2 Å². The zero-order valence-electron chi connectivity index (χ0n) is 11.5. The maximum absolute atomic E-state index is 5.76. The van der Waals surface area contributed by atoms with E-state index >= 15 is 0 Å². The molecule has 0 aliphatic carbocycles. The molecule has 0 aromatic heterocycles. The monoisotopic (exact) mass is 232 g/mol. The number of methoxy groups -OCH3 is 2. The van der Waals surface area contributed by atoms with Crippen LogP contribution >= 0.6 is 0 Å². The second kappa shape index (κ2) is 8.01. The van der Waals surface area contributed by atoms with Gasteiger partial charge in [0.2, 0.25) is 0 Å². The molecule has 2 N–H and O–H groups in total. The molecule has 0 aliphatic rings. The Hall–Kier alpha value is -0.160. The van der Waals surface area contributed by atoms with E-state index in [1.54, 1.807) is 14.2 Å². The lowest BCUT2D eigenvalue weighted by Crippen LogP contribution is -2.43. The Morgan fingerprint density at radius 3 is 2.19 bits per heavy atom. The lowest BCUT2D eigenvalue weighted by molar-refractivity contribution is -0.118. The second-order valence-electron chi connectivity index (χ2n) is 5.00. The molecule has 0 rings (SSSR count). The van der Waals surface area contributed by atoms with E-state index in [9.17, 15) is 0 Å². The average molecular weight is 232 g/mol. The summed E-state index contributed by atoms with van der Waals surface area (Å²) in [6.45, 7) is 10.1. The first-order valence-electron chi connectivity index (χ1n) is 5.97. The van der Waals surface area contributed by atoms with Crippen LogP contribution in [0.25, 0.3) is 0 Å². The Balaban J connectivity index is 4.25. The normalized spacial score (nSPS) is 12.8. The Kier molecular flexibility index (Phi) is 7.93. The van der Waals surface area contributed by atoms with Crippen molar-refractivity contribution in [3.05, 3.63) is 0 Å². The van der Waals surface area contributed by atoms with Crippen LogP contribution in [0.15, 0.2) is 0 Å². The molecular formula is C12H28N2O2. The fourth-order valence-electron chi connectivity index (χ4n) is 1.68. The highest BCUT2D eigenvalue weighted by molar-refractivity contribution is 4.75. The van der Waals surface area contributed by atoms with Crippen LogP contribution in [0.3, 0.4) is 0 Å². The van der Waals surface area contributed by atoms with E-state index in [1.165, 1.54) is 0 Å². The van der Waals surface area contributed by atoms with Crippen molar-refractivity contribution in [2.45, 2.75) is 33.5 Å². The van der Waals surface area contributed by atoms with E-state index in [0.717, 1.165) is 26.1 Å². The van der Waals surface area contributed by atoms with Gasteiger partial charge in [0.1, 0.15) is 0 Å². The van der Waals surface area contributed by atoms with Crippen LogP contribution in [0, 0.1) is 5.41 Å². The van der Waals surface area contributed by atoms with Crippen LogP contribution < -0.4 is 5.73 Å². The molecule has 0 heterocycles. The minimum Gasteiger partial charge on any atom is -0.355 e. The zero-order valence-corrected chi connectivity index (χ0v) is 11.5. The van der Waals surface area contributed by atoms with Crippen LogP contribution in [0.4, 0.5) is 0 Å². The summed E-state index contributed by atoms with van der Waals surface area (Å²) in [5.74, 6) is 0. The molecule has 0 unspecified atom stereocenters. The van der Waals surface area contributed by atoms with E-state index in [-0.39, 0.29) is 11.7 Å². The number of hydrogen-bond acceptors (Lipinski definition) is 4. The third-order valence-electron chi connectivity index (χ3n) is 2.68. The number of rotatable bonds is 9. The molecule has 0 atom stereocenters. The summed E-state index contributed by atoms with van der Waals surface area (Å²) >= 11 is 0. The molecule has 4 heteroatoms. The van der Waals surface area contributed by atoms with Crippen molar-refractivity contribution in [3.63, 3.8) is 0 Å². The first-order chi connectivity index (χ1) is 7.49. The third kappa shape index (κ3) is 6.43. The topological polar surface area (TPSA) is 47.7 Å². The van der Waals surface area contributed by atoms with Crippen LogP contribution in [-0.2, 0) is 9.47 Å². The molecule has 0 fully saturated rings. The standard InChI is InChI=1S/C12H28N2O2/c1-6-7-14(8-11(15-4)16-5)10-12(2,3)9-13/h11H,6-10,13H2,1-5H3. The summed E-state index contributed by atoms with van der Waals surface area (Å²) in [5.41, 5.74) is 5.90. The molecule has 0 amide bonds. The van der Waals surface area contributed by atoms with Gasteiger partial charge in [-0.2, -0.15) is 0 Å². The highest BCUT2D eigenvalue weighted by Gasteiger charge is 2.21. The SMILES string of the molecule is CCCN(CC(OC)OC)CC(C)(C)CN. The lowest BCUT2D eigenvalue weighted by Gasteiger charge is -2.33. The summed E-state index contributed by atoms with van der Waals surface area (Å²) in [6, 6.07) is 0. The summed E-state index contributed by atoms with van der Waals surface area (Å²) in [5, 5.41) is 0. The molecule has 16 heavy (non-hydrogen) atoms. The molecule has 0 saturated carbocycles. The molecule has 0 spiro atoms. The number of ether oxygens (including phenoxy) is 2. The largest absolute Gasteiger partial charge is 0.355 e. The van der Waals surface area contributed by atoms with Gasteiger partial charge in [-0.25, -0.2) is 0 Å². The Morgan fingerprint density at radius 2 is 1.81 bits per heavy atom. The molecular weight excluding hydrogens is 204 g/mol. The smallest absolute Gasteiger partial charge is 0.169 e. The van der Waals surface area contributed by atoms with E-state index in [1.807, 2.05) is 0 Å². The van der Waals surface area contributed by atoms with Gasteiger partial charge in [0.05, 0.1) is 0 Å². The zero-order chi connectivity index (χ0) is 12.6. The van der Waals surface area contributed by atoms with Crippen molar-refractivity contribution in [2.75, 3.05) is 40.4 Å². The maximum atomic E-state index is 5.76. The van der Waals surface area contributed by atoms with Gasteiger partial charge in [-0.05, 0) is 24.9 Å². The molecule has 4 nitrogen and oxygen atoms in total. The highest BCUT2D eigenvalue weighted by atomic mass is 16.7. The molecule has 0 bridgehead atoms. The summed E-state index contributed by atoms with van der Waals surface area (Å²) in [4.78, 5) is 2.35. The number of nitrogens with two attached hydrogens (primary N) is 1. The van der Waals surface area contributed by atoms with Crippen molar-refractivity contribution in [2.24, 2.45) is 11.1 Å². The summed E-state index contributed by atoms with van der Waals surface area (Å²) < 4.78 is 10.5. The van der Waals surface area contributed by atoms with Crippen molar-refractivity contribution in [3.8, 4) is 0 Å². The van der Waals surface area contributed by atoms with Crippen LogP contribution in [0.1, 0.15) is 27.2 Å². The molecule has 0 saturated heterocycles. The summed E-state index contributed by atoms with van der Waals surface area (Å²) in [6.07, 6.45) is 0.973. The van der Waals surface area contributed by atoms with Gasteiger partial charge < -0.3 is 15.2 Å². The Bertz CT molecular complexity index is 170. The van der Waals surface area contributed by atoms with E-state index in [0.29, 0.717) is 6.54 Å². The van der Waals surface area contributed by atoms with Crippen molar-refractivity contribution in [1.29, 1.82) is 0 Å². The minimum atomic E-state index is -0.153. The predicted molar refractivity (Wildman–Crippen MR) is 67.4 cm³/mol. The van der Waals surface area contributed by atoms with Gasteiger partial charge in [-0.3, -0.25) is 4.90 Å². The second-order valence-corrected chi connectivity index (χ2v) is 5.00. The van der Waals surface area contributed by atoms with Crippen LogP contribution in [-0.4, -0.2) is 51.6 Å². The van der Waals surface area contributed by atoms with Gasteiger partial charge in [0.25, 0.3) is 0 Å². The Morgan fingerprint density at radius 1 is 1.25 bits per heavy atom. The van der Waals surface area contributed by atoms with Gasteiger partial charge >= 0.3 is 0 Å². The molecule has 0 aromatic rings. The van der Waals surface area contributed by atoms with Gasteiger partial charge in [0, 0.05) is 27.3 Å². The fourth-order valence-corrected chi connectivity index (χ4v) is 1.68. The van der Waals surface area contributed by atoms with Crippen LogP contribution in [0.5, 0.6) is 0 Å². The van der Waals surface area contributed by atoms with E-state index in [2.05, 4.69) is 25.7 Å². The number of hydrogen-bond donors (Lipinski definition) is 1. The quantitative estimate of drug-likeness (QED) is 0.609. The summed E-state index contributed by atoms with van der Waals surface area (Å²) in [7, 11) is 3.35. The molecule has 0 aromatic carbocycles. The van der Waals surface area contributed by atoms with Gasteiger partial charge in [-0.1, -0.05) is 20.8 Å². The average Bonchev–Trinajstić information content (AvgIpc) is 2.25. The first-order valence-corrected chi connectivity index (χ1v) is 5.97. The van der Waals surface area contributed by atoms with Crippen molar-refractivity contribution < 1.29 is 9.47 Å². The molecule has 0 radical (unpaired) electrons. The van der Waals surface area contributed by atoms with Crippen molar-refractivity contribution >= 4 is 0 Å². The fraction of sp³-hybridized carbons (Fsp3) is 1.00. The molecule has 98 valence electrons. The third-order valence-corrected chi connectivity index (χ3v) is 2.68. The van der Waals surface area contributed by atoms with Gasteiger partial charge in [0.15, 0.2) is 6.29 Å². The predicted octanol–water partition coefficient (Wildman–Crippen LogP) is 1.30. The first kappa shape index (κ1) is 15.8. The maximum Gasteiger partial charge on any atom is 0.169 e. The van der Waals surface area contributed by atoms with E-state index < -0.39 is 0 Å². The lowest BCUT2D eigenvalue weighted by atomic mass is 9.93. The molecule has 0 aliphatic heterocycles. The van der Waals surface area contributed by atoms with Crippen LogP contribution in [0.2, 0.25) is 0 Å². The minimum absolute atomic E-state index is 0.140.